The fourth-order valence-corrected chi connectivity index (χ4v) is 4.85. The summed E-state index contributed by atoms with van der Waals surface area (Å²) in [5, 5.41) is 10.9. The van der Waals surface area contributed by atoms with Gasteiger partial charge in [-0.1, -0.05) is 26.7 Å². The summed E-state index contributed by atoms with van der Waals surface area (Å²) in [6.45, 7) is 8.83. The second-order valence-corrected chi connectivity index (χ2v) is 7.76. The minimum absolute atomic E-state index is 0.149. The lowest BCUT2D eigenvalue weighted by Crippen LogP contribution is -2.27. The molecule has 2 heteroatoms. The van der Waals surface area contributed by atoms with Gasteiger partial charge in [0.05, 0.1) is 6.10 Å². The lowest BCUT2D eigenvalue weighted by Gasteiger charge is -2.36. The lowest BCUT2D eigenvalue weighted by molar-refractivity contribution is 0.0134. The van der Waals surface area contributed by atoms with Gasteiger partial charge < -0.3 is 5.11 Å². The Morgan fingerprint density at radius 2 is 1.89 bits per heavy atom. The van der Waals surface area contributed by atoms with E-state index < -0.39 is 0 Å². The van der Waals surface area contributed by atoms with Gasteiger partial charge in [0.1, 0.15) is 0 Å². The van der Waals surface area contributed by atoms with E-state index in [0.717, 1.165) is 6.42 Å². The van der Waals surface area contributed by atoms with E-state index in [4.69, 9.17) is 0 Å². The second-order valence-electron chi connectivity index (χ2n) is 6.47. The Bertz CT molecular complexity index is 399. The van der Waals surface area contributed by atoms with Crippen LogP contribution < -0.4 is 0 Å². The average molecular weight is 266 g/mol. The van der Waals surface area contributed by atoms with Crippen LogP contribution >= 0.6 is 11.3 Å². The zero-order valence-electron chi connectivity index (χ0n) is 12.1. The molecule has 1 aromatic heterocycles. The van der Waals surface area contributed by atoms with Gasteiger partial charge in [0.15, 0.2) is 0 Å². The van der Waals surface area contributed by atoms with Gasteiger partial charge in [-0.15, -0.1) is 11.3 Å². The first-order valence-corrected chi connectivity index (χ1v) is 8.01. The van der Waals surface area contributed by atoms with Crippen molar-refractivity contribution in [2.45, 2.75) is 65.9 Å². The Morgan fingerprint density at radius 3 is 2.33 bits per heavy atom. The largest absolute Gasteiger partial charge is 0.387 e. The minimum Gasteiger partial charge on any atom is -0.387 e. The van der Waals surface area contributed by atoms with Crippen molar-refractivity contribution in [1.29, 1.82) is 0 Å². The summed E-state index contributed by atoms with van der Waals surface area (Å²) >= 11 is 1.78. The Hall–Kier alpha value is -0.340. The number of rotatable bonds is 4. The van der Waals surface area contributed by atoms with E-state index in [1.165, 1.54) is 41.0 Å². The van der Waals surface area contributed by atoms with E-state index >= 15 is 0 Å². The maximum absolute atomic E-state index is 10.9. The number of aliphatic hydroxyl groups excluding tert-OH is 1. The first-order valence-electron chi connectivity index (χ1n) is 7.19. The van der Waals surface area contributed by atoms with E-state index in [2.05, 4.69) is 33.8 Å². The first-order chi connectivity index (χ1) is 8.44. The Balaban J connectivity index is 2.28. The summed E-state index contributed by atoms with van der Waals surface area (Å²) in [6.07, 6.45) is 5.87. The summed E-state index contributed by atoms with van der Waals surface area (Å²) in [7, 11) is 0. The third-order valence-electron chi connectivity index (χ3n) is 4.32. The van der Waals surface area contributed by atoms with E-state index in [1.54, 1.807) is 11.3 Å². The van der Waals surface area contributed by atoms with Crippen molar-refractivity contribution in [2.24, 2.45) is 11.3 Å². The highest BCUT2D eigenvalue weighted by atomic mass is 32.1. The van der Waals surface area contributed by atoms with Gasteiger partial charge in [-0.25, -0.2) is 0 Å². The molecule has 1 atom stereocenters. The summed E-state index contributed by atoms with van der Waals surface area (Å²) in [5.41, 5.74) is 1.43. The van der Waals surface area contributed by atoms with Crippen molar-refractivity contribution in [2.75, 3.05) is 0 Å². The highest BCUT2D eigenvalue weighted by Crippen LogP contribution is 2.53. The maximum atomic E-state index is 10.9. The third-order valence-corrected chi connectivity index (χ3v) is 5.53. The van der Waals surface area contributed by atoms with Crippen LogP contribution in [0.3, 0.4) is 0 Å². The fourth-order valence-electron chi connectivity index (χ4n) is 3.69. The lowest BCUT2D eigenvalue weighted by atomic mass is 9.73. The molecule has 0 radical (unpaired) electrons. The van der Waals surface area contributed by atoms with Crippen LogP contribution in [0.4, 0.5) is 0 Å². The molecule has 1 aliphatic rings. The van der Waals surface area contributed by atoms with E-state index in [1.807, 2.05) is 0 Å². The van der Waals surface area contributed by atoms with Crippen LogP contribution in [0.15, 0.2) is 6.07 Å². The highest BCUT2D eigenvalue weighted by molar-refractivity contribution is 7.12. The van der Waals surface area contributed by atoms with Gasteiger partial charge in [0, 0.05) is 15.2 Å². The number of thiophene rings is 1. The van der Waals surface area contributed by atoms with E-state index in [-0.39, 0.29) is 11.5 Å². The summed E-state index contributed by atoms with van der Waals surface area (Å²) in [4.78, 5) is 2.54. The van der Waals surface area contributed by atoms with Crippen molar-refractivity contribution in [1.82, 2.24) is 0 Å². The van der Waals surface area contributed by atoms with Crippen molar-refractivity contribution in [3.05, 3.63) is 21.4 Å². The molecule has 0 spiro atoms. The molecule has 1 N–H and O–H groups in total. The third kappa shape index (κ3) is 2.65. The normalized spacial score (nSPS) is 20.6. The molecule has 0 aromatic carbocycles. The van der Waals surface area contributed by atoms with Gasteiger partial charge in [0.2, 0.25) is 0 Å². The molecular weight excluding hydrogens is 240 g/mol. The molecule has 2 rings (SSSR count). The molecule has 0 bridgehead atoms. The maximum Gasteiger partial charge on any atom is 0.0940 e. The number of hydrogen-bond acceptors (Lipinski definition) is 2. The minimum atomic E-state index is -0.249. The quantitative estimate of drug-likeness (QED) is 0.812. The standard InChI is InChI=1S/C16H26OS/c1-11(2)10-16(7-5-6-8-16)15(17)14-12(3)9-13(4)18-14/h9,11,15,17H,5-8,10H2,1-4H3. The number of hydrogen-bond donors (Lipinski definition) is 1. The van der Waals surface area contributed by atoms with Crippen LogP contribution in [0.1, 0.15) is 67.4 Å². The van der Waals surface area contributed by atoms with Crippen LogP contribution in [0.2, 0.25) is 0 Å². The molecule has 1 saturated carbocycles. The molecule has 18 heavy (non-hydrogen) atoms. The van der Waals surface area contributed by atoms with Gasteiger partial charge in [-0.3, -0.25) is 0 Å². The summed E-state index contributed by atoms with van der Waals surface area (Å²) < 4.78 is 0. The van der Waals surface area contributed by atoms with E-state index in [9.17, 15) is 5.11 Å². The topological polar surface area (TPSA) is 20.2 Å². The predicted molar refractivity (Wildman–Crippen MR) is 79.1 cm³/mol. The molecule has 102 valence electrons. The molecule has 1 nitrogen and oxygen atoms in total. The smallest absolute Gasteiger partial charge is 0.0940 e. The van der Waals surface area contributed by atoms with Crippen LogP contribution in [0, 0.1) is 25.2 Å². The van der Waals surface area contributed by atoms with Gasteiger partial charge in [-0.05, 0) is 50.7 Å². The molecule has 1 aromatic rings. The second kappa shape index (κ2) is 5.34. The van der Waals surface area contributed by atoms with Crippen LogP contribution in [-0.2, 0) is 0 Å². The molecular formula is C16H26OS. The Kier molecular flexibility index (Phi) is 4.18. The summed E-state index contributed by atoms with van der Waals surface area (Å²) in [6, 6.07) is 2.21. The van der Waals surface area contributed by atoms with Crippen LogP contribution in [0.5, 0.6) is 0 Å². The Morgan fingerprint density at radius 1 is 1.28 bits per heavy atom. The molecule has 0 aliphatic heterocycles. The van der Waals surface area contributed by atoms with Crippen molar-refractivity contribution in [3.8, 4) is 0 Å². The molecule has 1 fully saturated rings. The number of aryl methyl sites for hydroxylation is 2. The zero-order chi connectivity index (χ0) is 13.3. The molecule has 1 unspecified atom stereocenters. The Labute approximate surface area is 115 Å². The van der Waals surface area contributed by atoms with Crippen molar-refractivity contribution >= 4 is 11.3 Å². The van der Waals surface area contributed by atoms with Gasteiger partial charge >= 0.3 is 0 Å². The van der Waals surface area contributed by atoms with Crippen molar-refractivity contribution in [3.63, 3.8) is 0 Å². The van der Waals surface area contributed by atoms with Crippen LogP contribution in [0.25, 0.3) is 0 Å². The van der Waals surface area contributed by atoms with Crippen LogP contribution in [-0.4, -0.2) is 5.11 Å². The van der Waals surface area contributed by atoms with E-state index in [0.29, 0.717) is 5.92 Å². The highest BCUT2D eigenvalue weighted by Gasteiger charge is 2.42. The van der Waals surface area contributed by atoms with Crippen molar-refractivity contribution < 1.29 is 5.11 Å². The molecule has 0 amide bonds. The zero-order valence-corrected chi connectivity index (χ0v) is 12.9. The fraction of sp³-hybridized carbons (Fsp3) is 0.750. The molecule has 1 aliphatic carbocycles. The summed E-state index contributed by atoms with van der Waals surface area (Å²) in [5.74, 6) is 0.666. The number of aliphatic hydroxyl groups is 1. The predicted octanol–water partition coefficient (Wildman–Crippen LogP) is 5.00. The van der Waals surface area contributed by atoms with Gasteiger partial charge in [0.25, 0.3) is 0 Å². The molecule has 1 heterocycles. The first kappa shape index (κ1) is 14.1. The monoisotopic (exact) mass is 266 g/mol. The SMILES string of the molecule is Cc1cc(C)c(C(O)C2(CC(C)C)CCCC2)s1. The average Bonchev–Trinajstić information content (AvgIpc) is 2.84. The molecule has 0 saturated heterocycles. The van der Waals surface area contributed by atoms with Gasteiger partial charge in [-0.2, -0.15) is 0 Å².